The second-order valence-corrected chi connectivity index (χ2v) is 6.80. The van der Waals surface area contributed by atoms with E-state index in [0.29, 0.717) is 11.7 Å². The van der Waals surface area contributed by atoms with Crippen LogP contribution in [0.4, 0.5) is 5.82 Å². The minimum Gasteiger partial charge on any atom is -0.461 e. The summed E-state index contributed by atoms with van der Waals surface area (Å²) < 4.78 is 6.74. The molecule has 0 amide bonds. The third-order valence-corrected chi connectivity index (χ3v) is 4.26. The number of ether oxygens (including phenoxy) is 1. The molecule has 0 aliphatic heterocycles. The van der Waals surface area contributed by atoms with Crippen molar-refractivity contribution in [3.05, 3.63) is 57.5 Å². The molecule has 8 heteroatoms. The Morgan fingerprint density at radius 1 is 1.26 bits per heavy atom. The molecule has 0 bridgehead atoms. The van der Waals surface area contributed by atoms with Crippen LogP contribution in [-0.4, -0.2) is 27.1 Å². The fourth-order valence-electron chi connectivity index (χ4n) is 2.79. The van der Waals surface area contributed by atoms with E-state index in [1.807, 2.05) is 24.3 Å². The van der Waals surface area contributed by atoms with Gasteiger partial charge in [-0.15, -0.1) is 12.4 Å². The first-order valence-corrected chi connectivity index (χ1v) is 8.71. The SMILES string of the molecule is Cc1ncc([N+](=O)[O-])n1CCOC(=O)[C@@H](C)c1ccc(CC(C)C)cc1.Cl. The number of carbonyl (C=O) groups excluding carboxylic acids is 1. The second kappa shape index (κ2) is 10.1. The molecule has 27 heavy (non-hydrogen) atoms. The largest absolute Gasteiger partial charge is 0.461 e. The smallest absolute Gasteiger partial charge is 0.342 e. The molecular weight excluding hydrogens is 370 g/mol. The van der Waals surface area contributed by atoms with Crippen LogP contribution in [0.2, 0.25) is 0 Å². The highest BCUT2D eigenvalue weighted by Gasteiger charge is 2.20. The summed E-state index contributed by atoms with van der Waals surface area (Å²) in [6, 6.07) is 7.98. The van der Waals surface area contributed by atoms with Gasteiger partial charge in [0.05, 0.1) is 5.92 Å². The van der Waals surface area contributed by atoms with Crippen molar-refractivity contribution in [2.24, 2.45) is 5.92 Å². The number of nitro groups is 1. The fourth-order valence-corrected chi connectivity index (χ4v) is 2.79. The minimum atomic E-state index is -0.497. The molecule has 0 fully saturated rings. The minimum absolute atomic E-state index is 0. The quantitative estimate of drug-likeness (QED) is 0.382. The van der Waals surface area contributed by atoms with Crippen molar-refractivity contribution in [2.45, 2.75) is 46.6 Å². The van der Waals surface area contributed by atoms with Gasteiger partial charge in [-0.25, -0.2) is 9.55 Å². The third-order valence-electron chi connectivity index (χ3n) is 4.26. The van der Waals surface area contributed by atoms with Crippen LogP contribution in [-0.2, 0) is 22.5 Å². The van der Waals surface area contributed by atoms with E-state index in [4.69, 9.17) is 4.74 Å². The standard InChI is InChI=1S/C19H25N3O4.ClH/c1-13(2)11-16-5-7-17(8-6-16)14(3)19(23)26-10-9-21-15(4)20-12-18(21)22(24)25;/h5-8,12-14H,9-11H2,1-4H3;1H/t14-;/m0./s1. The normalized spacial score (nSPS) is 11.7. The van der Waals surface area contributed by atoms with Gasteiger partial charge in [0, 0.05) is 6.92 Å². The molecular formula is C19H26ClN3O4. The van der Waals surface area contributed by atoms with Crippen LogP contribution in [0.25, 0.3) is 0 Å². The van der Waals surface area contributed by atoms with E-state index in [9.17, 15) is 14.9 Å². The van der Waals surface area contributed by atoms with Crippen LogP contribution >= 0.6 is 12.4 Å². The van der Waals surface area contributed by atoms with Crippen LogP contribution in [0.5, 0.6) is 0 Å². The molecule has 7 nitrogen and oxygen atoms in total. The molecule has 0 spiro atoms. The lowest BCUT2D eigenvalue weighted by atomic mass is 9.97. The molecule has 1 heterocycles. The Hall–Kier alpha value is -2.41. The summed E-state index contributed by atoms with van der Waals surface area (Å²) in [5.41, 5.74) is 2.14. The number of hydrogen-bond acceptors (Lipinski definition) is 5. The summed E-state index contributed by atoms with van der Waals surface area (Å²) in [5.74, 6) is 0.261. The highest BCUT2D eigenvalue weighted by molar-refractivity contribution is 5.85. The zero-order valence-electron chi connectivity index (χ0n) is 16.0. The van der Waals surface area contributed by atoms with E-state index in [-0.39, 0.29) is 43.3 Å². The zero-order chi connectivity index (χ0) is 19.3. The Morgan fingerprint density at radius 2 is 1.89 bits per heavy atom. The number of carbonyl (C=O) groups is 1. The van der Waals surface area contributed by atoms with Crippen molar-refractivity contribution in [3.63, 3.8) is 0 Å². The number of esters is 1. The van der Waals surface area contributed by atoms with Crippen LogP contribution in [0.1, 0.15) is 43.6 Å². The predicted molar refractivity (Wildman–Crippen MR) is 105 cm³/mol. The van der Waals surface area contributed by atoms with Crippen molar-refractivity contribution in [1.29, 1.82) is 0 Å². The number of benzene rings is 1. The molecule has 0 saturated carbocycles. The lowest BCUT2D eigenvalue weighted by Crippen LogP contribution is -2.17. The Morgan fingerprint density at radius 3 is 2.44 bits per heavy atom. The fraction of sp³-hybridized carbons (Fsp3) is 0.474. The Balaban J connectivity index is 0.00000364. The van der Waals surface area contributed by atoms with Gasteiger partial charge in [-0.05, 0) is 35.3 Å². The van der Waals surface area contributed by atoms with Gasteiger partial charge in [0.1, 0.15) is 19.3 Å². The first-order valence-electron chi connectivity index (χ1n) is 8.71. The van der Waals surface area contributed by atoms with Crippen molar-refractivity contribution in [1.82, 2.24) is 9.55 Å². The van der Waals surface area contributed by atoms with Crippen LogP contribution in [0.15, 0.2) is 30.5 Å². The van der Waals surface area contributed by atoms with E-state index in [1.165, 1.54) is 16.3 Å². The number of imidazole rings is 1. The molecule has 1 aromatic carbocycles. The van der Waals surface area contributed by atoms with Gasteiger partial charge in [-0.3, -0.25) is 4.79 Å². The number of aromatic nitrogens is 2. The lowest BCUT2D eigenvalue weighted by Gasteiger charge is -2.13. The Kier molecular flexibility index (Phi) is 8.43. The van der Waals surface area contributed by atoms with Crippen LogP contribution in [0, 0.1) is 23.0 Å². The monoisotopic (exact) mass is 395 g/mol. The number of hydrogen-bond donors (Lipinski definition) is 0. The van der Waals surface area contributed by atoms with Crippen molar-refractivity contribution < 1.29 is 14.5 Å². The highest BCUT2D eigenvalue weighted by Crippen LogP contribution is 2.19. The maximum atomic E-state index is 12.3. The van der Waals surface area contributed by atoms with Crippen molar-refractivity contribution in [2.75, 3.05) is 6.61 Å². The molecule has 0 aliphatic rings. The van der Waals surface area contributed by atoms with Gasteiger partial charge in [0.15, 0.2) is 5.82 Å². The summed E-state index contributed by atoms with van der Waals surface area (Å²) in [6.07, 6.45) is 2.21. The molecule has 0 N–H and O–H groups in total. The zero-order valence-corrected chi connectivity index (χ0v) is 16.9. The van der Waals surface area contributed by atoms with Gasteiger partial charge in [-0.2, -0.15) is 0 Å². The average molecular weight is 396 g/mol. The van der Waals surface area contributed by atoms with Gasteiger partial charge < -0.3 is 14.9 Å². The summed E-state index contributed by atoms with van der Waals surface area (Å²) in [6.45, 7) is 8.07. The first kappa shape index (κ1) is 22.6. The molecule has 1 atom stereocenters. The van der Waals surface area contributed by atoms with Gasteiger partial charge in [-0.1, -0.05) is 38.1 Å². The molecule has 2 aromatic rings. The van der Waals surface area contributed by atoms with E-state index in [2.05, 4.69) is 18.8 Å². The topological polar surface area (TPSA) is 87.3 Å². The average Bonchev–Trinajstić information content (AvgIpc) is 2.95. The summed E-state index contributed by atoms with van der Waals surface area (Å²) >= 11 is 0. The third kappa shape index (κ3) is 6.06. The molecule has 0 unspecified atom stereocenters. The maximum Gasteiger partial charge on any atom is 0.342 e. The van der Waals surface area contributed by atoms with Crippen molar-refractivity contribution >= 4 is 24.2 Å². The number of nitrogens with zero attached hydrogens (tertiary/aromatic N) is 3. The highest BCUT2D eigenvalue weighted by atomic mass is 35.5. The predicted octanol–water partition coefficient (Wildman–Crippen LogP) is 4.07. The maximum absolute atomic E-state index is 12.3. The number of halogens is 1. The molecule has 2 rings (SSSR count). The van der Waals surface area contributed by atoms with Gasteiger partial charge >= 0.3 is 11.8 Å². The van der Waals surface area contributed by atoms with Crippen LogP contribution < -0.4 is 0 Å². The molecule has 0 radical (unpaired) electrons. The summed E-state index contributed by atoms with van der Waals surface area (Å²) in [5, 5.41) is 11.0. The van der Waals surface area contributed by atoms with Gasteiger partial charge in [0.2, 0.25) is 0 Å². The molecule has 148 valence electrons. The van der Waals surface area contributed by atoms with Crippen LogP contribution in [0.3, 0.4) is 0 Å². The summed E-state index contributed by atoms with van der Waals surface area (Å²) in [7, 11) is 0. The first-order chi connectivity index (χ1) is 12.3. The van der Waals surface area contributed by atoms with E-state index in [1.54, 1.807) is 13.8 Å². The van der Waals surface area contributed by atoms with E-state index in [0.717, 1.165) is 12.0 Å². The summed E-state index contributed by atoms with van der Waals surface area (Å²) in [4.78, 5) is 26.6. The molecule has 1 aromatic heterocycles. The Bertz CT molecular complexity index is 772. The van der Waals surface area contributed by atoms with E-state index < -0.39 is 4.92 Å². The second-order valence-electron chi connectivity index (χ2n) is 6.80. The number of rotatable bonds is 8. The van der Waals surface area contributed by atoms with Crippen molar-refractivity contribution in [3.8, 4) is 0 Å². The Labute approximate surface area is 165 Å². The number of aryl methyl sites for hydroxylation is 1. The molecule has 0 aliphatic carbocycles. The lowest BCUT2D eigenvalue weighted by molar-refractivity contribution is -0.392. The van der Waals surface area contributed by atoms with E-state index >= 15 is 0 Å². The van der Waals surface area contributed by atoms with Gasteiger partial charge in [0.25, 0.3) is 0 Å². The molecule has 0 saturated heterocycles.